The van der Waals surface area contributed by atoms with E-state index in [0.29, 0.717) is 24.5 Å². The van der Waals surface area contributed by atoms with Crippen molar-refractivity contribution in [1.29, 1.82) is 0 Å². The fourth-order valence-corrected chi connectivity index (χ4v) is 2.50. The normalized spacial score (nSPS) is 16.2. The number of carbonyl (C=O) groups excluding carboxylic acids is 2. The summed E-state index contributed by atoms with van der Waals surface area (Å²) in [5, 5.41) is 5.32. The maximum atomic E-state index is 11.9. The minimum atomic E-state index is -0.429. The molecule has 2 aromatic carbocycles. The van der Waals surface area contributed by atoms with Gasteiger partial charge in [-0.05, 0) is 49.2 Å². The largest absolute Gasteiger partial charge is 0.457 e. The average molecular weight is 340 g/mol. The molecular formula is C19H20N2O4. The Morgan fingerprint density at radius 3 is 2.44 bits per heavy atom. The first-order valence-corrected chi connectivity index (χ1v) is 8.23. The van der Waals surface area contributed by atoms with E-state index in [-0.39, 0.29) is 18.4 Å². The molecule has 1 aliphatic rings. The molecule has 0 aliphatic carbocycles. The summed E-state index contributed by atoms with van der Waals surface area (Å²) in [5.74, 6) is 0.898. The molecule has 6 heteroatoms. The van der Waals surface area contributed by atoms with Crippen LogP contribution in [0.4, 0.5) is 5.69 Å². The minimum absolute atomic E-state index is 0.0824. The van der Waals surface area contributed by atoms with E-state index in [1.807, 2.05) is 30.3 Å². The molecule has 0 spiro atoms. The van der Waals surface area contributed by atoms with Crippen molar-refractivity contribution in [3.8, 4) is 11.5 Å². The third-order valence-electron chi connectivity index (χ3n) is 3.76. The molecular weight excluding hydrogens is 320 g/mol. The third-order valence-corrected chi connectivity index (χ3v) is 3.76. The molecule has 1 atom stereocenters. The Morgan fingerprint density at radius 2 is 1.76 bits per heavy atom. The molecule has 0 saturated carbocycles. The summed E-state index contributed by atoms with van der Waals surface area (Å²) >= 11 is 0. The van der Waals surface area contributed by atoms with Crippen LogP contribution in [-0.2, 0) is 14.3 Å². The van der Waals surface area contributed by atoms with Crippen molar-refractivity contribution in [1.82, 2.24) is 5.32 Å². The number of hydrogen-bond donors (Lipinski definition) is 2. The van der Waals surface area contributed by atoms with Crippen LogP contribution >= 0.6 is 0 Å². The number of ether oxygens (including phenoxy) is 2. The Morgan fingerprint density at radius 1 is 1.04 bits per heavy atom. The van der Waals surface area contributed by atoms with Crippen LogP contribution in [0, 0.1) is 0 Å². The number of benzene rings is 2. The number of amides is 2. The van der Waals surface area contributed by atoms with Gasteiger partial charge in [0.25, 0.3) is 0 Å². The lowest BCUT2D eigenvalue weighted by Crippen LogP contribution is -2.39. The van der Waals surface area contributed by atoms with Gasteiger partial charge in [0.1, 0.15) is 17.6 Å². The number of rotatable bonds is 6. The van der Waals surface area contributed by atoms with Crippen molar-refractivity contribution in [2.75, 3.05) is 18.5 Å². The van der Waals surface area contributed by atoms with Crippen LogP contribution in [0.1, 0.15) is 12.8 Å². The summed E-state index contributed by atoms with van der Waals surface area (Å²) in [6.45, 7) is 0.517. The molecule has 2 N–H and O–H groups in total. The summed E-state index contributed by atoms with van der Waals surface area (Å²) < 4.78 is 11.0. The predicted octanol–water partition coefficient (Wildman–Crippen LogP) is 2.71. The van der Waals surface area contributed by atoms with Crippen molar-refractivity contribution in [3.63, 3.8) is 0 Å². The van der Waals surface area contributed by atoms with Gasteiger partial charge in [0.2, 0.25) is 11.8 Å². The SMILES string of the molecule is O=C(CNC(=O)C1CCCO1)Nc1ccc(Oc2ccccc2)cc1. The summed E-state index contributed by atoms with van der Waals surface area (Å²) in [7, 11) is 0. The van der Waals surface area contributed by atoms with Gasteiger partial charge in [0, 0.05) is 12.3 Å². The Labute approximate surface area is 146 Å². The van der Waals surface area contributed by atoms with E-state index in [9.17, 15) is 9.59 Å². The second-order valence-electron chi connectivity index (χ2n) is 5.71. The number of anilines is 1. The molecule has 3 rings (SSSR count). The van der Waals surface area contributed by atoms with E-state index in [4.69, 9.17) is 9.47 Å². The highest BCUT2D eigenvalue weighted by molar-refractivity contribution is 5.95. The first-order valence-electron chi connectivity index (χ1n) is 8.23. The van der Waals surface area contributed by atoms with E-state index in [1.165, 1.54) is 0 Å². The Balaban J connectivity index is 1.46. The molecule has 2 amide bonds. The number of para-hydroxylation sites is 1. The zero-order chi connectivity index (χ0) is 17.5. The van der Waals surface area contributed by atoms with Gasteiger partial charge in [-0.3, -0.25) is 9.59 Å². The van der Waals surface area contributed by atoms with Gasteiger partial charge in [-0.1, -0.05) is 18.2 Å². The predicted molar refractivity (Wildman–Crippen MR) is 93.6 cm³/mol. The number of hydrogen-bond acceptors (Lipinski definition) is 4. The molecule has 0 aromatic heterocycles. The van der Waals surface area contributed by atoms with Gasteiger partial charge < -0.3 is 20.1 Å². The van der Waals surface area contributed by atoms with Crippen LogP contribution in [0.2, 0.25) is 0 Å². The fourth-order valence-electron chi connectivity index (χ4n) is 2.50. The second kappa shape index (κ2) is 8.30. The summed E-state index contributed by atoms with van der Waals surface area (Å²) in [6.07, 6.45) is 1.15. The zero-order valence-electron chi connectivity index (χ0n) is 13.7. The van der Waals surface area contributed by atoms with Crippen molar-refractivity contribution in [3.05, 3.63) is 54.6 Å². The van der Waals surface area contributed by atoms with Crippen LogP contribution in [0.3, 0.4) is 0 Å². The zero-order valence-corrected chi connectivity index (χ0v) is 13.7. The molecule has 1 unspecified atom stereocenters. The highest BCUT2D eigenvalue weighted by atomic mass is 16.5. The van der Waals surface area contributed by atoms with Gasteiger partial charge in [-0.25, -0.2) is 0 Å². The van der Waals surface area contributed by atoms with Crippen molar-refractivity contribution >= 4 is 17.5 Å². The highest BCUT2D eigenvalue weighted by Gasteiger charge is 2.23. The number of nitrogens with one attached hydrogen (secondary N) is 2. The van der Waals surface area contributed by atoms with Gasteiger partial charge in [-0.2, -0.15) is 0 Å². The van der Waals surface area contributed by atoms with E-state index >= 15 is 0 Å². The Bertz CT molecular complexity index is 710. The topological polar surface area (TPSA) is 76.7 Å². The van der Waals surface area contributed by atoms with Gasteiger partial charge in [0.05, 0.1) is 6.54 Å². The van der Waals surface area contributed by atoms with Crippen molar-refractivity contribution < 1.29 is 19.1 Å². The van der Waals surface area contributed by atoms with Gasteiger partial charge in [0.15, 0.2) is 0 Å². The quantitative estimate of drug-likeness (QED) is 0.848. The van der Waals surface area contributed by atoms with Gasteiger partial charge >= 0.3 is 0 Å². The smallest absolute Gasteiger partial charge is 0.249 e. The van der Waals surface area contributed by atoms with E-state index in [1.54, 1.807) is 24.3 Å². The van der Waals surface area contributed by atoms with Gasteiger partial charge in [-0.15, -0.1) is 0 Å². The lowest BCUT2D eigenvalue weighted by Gasteiger charge is -2.11. The lowest BCUT2D eigenvalue weighted by atomic mass is 10.2. The van der Waals surface area contributed by atoms with E-state index in [2.05, 4.69) is 10.6 Å². The maximum Gasteiger partial charge on any atom is 0.249 e. The molecule has 1 saturated heterocycles. The van der Waals surface area contributed by atoms with Crippen LogP contribution in [0.25, 0.3) is 0 Å². The van der Waals surface area contributed by atoms with Crippen LogP contribution in [0.15, 0.2) is 54.6 Å². The van der Waals surface area contributed by atoms with Crippen molar-refractivity contribution in [2.24, 2.45) is 0 Å². The Hall–Kier alpha value is -2.86. The molecule has 1 fully saturated rings. The molecule has 0 radical (unpaired) electrons. The molecule has 0 bridgehead atoms. The van der Waals surface area contributed by atoms with Crippen LogP contribution < -0.4 is 15.4 Å². The molecule has 1 heterocycles. The number of carbonyl (C=O) groups is 2. The monoisotopic (exact) mass is 340 g/mol. The Kier molecular flexibility index (Phi) is 5.64. The lowest BCUT2D eigenvalue weighted by molar-refractivity contribution is -0.131. The molecule has 2 aromatic rings. The minimum Gasteiger partial charge on any atom is -0.457 e. The first-order chi connectivity index (χ1) is 12.2. The van der Waals surface area contributed by atoms with Crippen LogP contribution in [0.5, 0.6) is 11.5 Å². The third kappa shape index (κ3) is 5.06. The molecule has 1 aliphatic heterocycles. The van der Waals surface area contributed by atoms with E-state index in [0.717, 1.165) is 12.2 Å². The molecule has 25 heavy (non-hydrogen) atoms. The molecule has 130 valence electrons. The molecule has 6 nitrogen and oxygen atoms in total. The van der Waals surface area contributed by atoms with Crippen LogP contribution in [-0.4, -0.2) is 31.1 Å². The standard InChI is InChI=1S/C19H20N2O4/c22-18(13-20-19(23)17-7-4-12-24-17)21-14-8-10-16(11-9-14)25-15-5-2-1-3-6-15/h1-3,5-6,8-11,17H,4,7,12-13H2,(H,20,23)(H,21,22). The first kappa shape index (κ1) is 17.0. The average Bonchev–Trinajstić information content (AvgIpc) is 3.17. The summed E-state index contributed by atoms with van der Waals surface area (Å²) in [6, 6.07) is 16.5. The summed E-state index contributed by atoms with van der Waals surface area (Å²) in [4.78, 5) is 23.7. The van der Waals surface area contributed by atoms with E-state index < -0.39 is 6.10 Å². The van der Waals surface area contributed by atoms with Crippen molar-refractivity contribution in [2.45, 2.75) is 18.9 Å². The second-order valence-corrected chi connectivity index (χ2v) is 5.71. The maximum absolute atomic E-state index is 11.9. The fraction of sp³-hybridized carbons (Fsp3) is 0.263. The summed E-state index contributed by atoms with van der Waals surface area (Å²) in [5.41, 5.74) is 0.636. The highest BCUT2D eigenvalue weighted by Crippen LogP contribution is 2.22.